The molecule has 0 aromatic carbocycles. The fourth-order valence-corrected chi connectivity index (χ4v) is 1.86. The highest BCUT2D eigenvalue weighted by Crippen LogP contribution is 2.42. The Morgan fingerprint density at radius 2 is 2.08 bits per heavy atom. The van der Waals surface area contributed by atoms with E-state index in [-0.39, 0.29) is 17.5 Å². The normalized spacial score (nSPS) is 25.9. The van der Waals surface area contributed by atoms with Crippen LogP contribution in [0.15, 0.2) is 0 Å². The minimum absolute atomic E-state index is 0.0362. The maximum Gasteiger partial charge on any atom is 0.313 e. The Morgan fingerprint density at radius 1 is 1.38 bits per heavy atom. The first-order valence-electron chi connectivity index (χ1n) is 5.18. The van der Waals surface area contributed by atoms with Crippen molar-refractivity contribution >= 4 is 5.97 Å². The first-order valence-corrected chi connectivity index (χ1v) is 5.18. The molecule has 2 saturated carbocycles. The molecule has 2 aliphatic rings. The summed E-state index contributed by atoms with van der Waals surface area (Å²) in [5, 5.41) is 0. The van der Waals surface area contributed by atoms with Crippen molar-refractivity contribution in [3.05, 3.63) is 0 Å². The SMILES string of the molecule is NCC1(C(=O)OC2CCC2)CCC1. The van der Waals surface area contributed by atoms with Gasteiger partial charge < -0.3 is 10.5 Å². The molecule has 0 radical (unpaired) electrons. The van der Waals surface area contributed by atoms with Gasteiger partial charge in [0, 0.05) is 6.54 Å². The molecular formula is C10H17NO2. The smallest absolute Gasteiger partial charge is 0.313 e. The number of ether oxygens (including phenoxy) is 1. The number of rotatable bonds is 3. The zero-order chi connectivity index (χ0) is 9.31. The Hall–Kier alpha value is -0.570. The number of nitrogens with two attached hydrogens (primary N) is 1. The lowest BCUT2D eigenvalue weighted by atomic mass is 9.69. The van der Waals surface area contributed by atoms with Gasteiger partial charge in [-0.15, -0.1) is 0 Å². The van der Waals surface area contributed by atoms with Crippen molar-refractivity contribution in [3.8, 4) is 0 Å². The molecule has 2 fully saturated rings. The highest BCUT2D eigenvalue weighted by Gasteiger charge is 2.45. The third kappa shape index (κ3) is 1.46. The van der Waals surface area contributed by atoms with Gasteiger partial charge in [-0.05, 0) is 32.1 Å². The summed E-state index contributed by atoms with van der Waals surface area (Å²) in [6.45, 7) is 0.457. The number of esters is 1. The van der Waals surface area contributed by atoms with E-state index in [4.69, 9.17) is 10.5 Å². The Bertz CT molecular complexity index is 201. The monoisotopic (exact) mass is 183 g/mol. The van der Waals surface area contributed by atoms with E-state index < -0.39 is 0 Å². The summed E-state index contributed by atoms with van der Waals surface area (Å²) in [5.74, 6) is -0.0362. The standard InChI is InChI=1S/C10H17NO2/c11-7-10(5-2-6-10)9(12)13-8-3-1-4-8/h8H,1-7,11H2. The van der Waals surface area contributed by atoms with Gasteiger partial charge in [-0.3, -0.25) is 4.79 Å². The second-order valence-corrected chi connectivity index (χ2v) is 4.30. The van der Waals surface area contributed by atoms with Crippen LogP contribution in [-0.4, -0.2) is 18.6 Å². The van der Waals surface area contributed by atoms with E-state index in [0.29, 0.717) is 6.54 Å². The molecule has 0 aliphatic heterocycles. The van der Waals surface area contributed by atoms with Crippen molar-refractivity contribution in [2.75, 3.05) is 6.54 Å². The maximum atomic E-state index is 11.7. The predicted octanol–water partition coefficient (Wildman–Crippen LogP) is 1.21. The summed E-state index contributed by atoms with van der Waals surface area (Å²) in [6.07, 6.45) is 6.48. The van der Waals surface area contributed by atoms with E-state index in [2.05, 4.69) is 0 Å². The van der Waals surface area contributed by atoms with Crippen LogP contribution in [0.2, 0.25) is 0 Å². The fraction of sp³-hybridized carbons (Fsp3) is 0.900. The third-order valence-electron chi connectivity index (χ3n) is 3.46. The Kier molecular flexibility index (Phi) is 2.28. The topological polar surface area (TPSA) is 52.3 Å². The molecular weight excluding hydrogens is 166 g/mol. The molecule has 2 rings (SSSR count). The van der Waals surface area contributed by atoms with Crippen LogP contribution >= 0.6 is 0 Å². The van der Waals surface area contributed by atoms with Gasteiger partial charge in [0.15, 0.2) is 0 Å². The molecule has 0 atom stereocenters. The first-order chi connectivity index (χ1) is 6.27. The van der Waals surface area contributed by atoms with Gasteiger partial charge in [0.25, 0.3) is 0 Å². The molecule has 2 N–H and O–H groups in total. The zero-order valence-electron chi connectivity index (χ0n) is 7.92. The largest absolute Gasteiger partial charge is 0.462 e. The molecule has 3 nitrogen and oxygen atoms in total. The Balaban J connectivity index is 1.87. The highest BCUT2D eigenvalue weighted by molar-refractivity contribution is 5.78. The van der Waals surface area contributed by atoms with E-state index in [9.17, 15) is 4.79 Å². The summed E-state index contributed by atoms with van der Waals surface area (Å²) < 4.78 is 5.37. The van der Waals surface area contributed by atoms with Crippen molar-refractivity contribution in [1.82, 2.24) is 0 Å². The van der Waals surface area contributed by atoms with Crippen LogP contribution in [0.5, 0.6) is 0 Å². The molecule has 2 aliphatic carbocycles. The Labute approximate surface area is 78.6 Å². The van der Waals surface area contributed by atoms with Crippen LogP contribution in [-0.2, 0) is 9.53 Å². The van der Waals surface area contributed by atoms with Crippen molar-refractivity contribution in [3.63, 3.8) is 0 Å². The summed E-state index contributed by atoms with van der Waals surface area (Å²) in [6, 6.07) is 0. The van der Waals surface area contributed by atoms with Crippen LogP contribution in [0.3, 0.4) is 0 Å². The van der Waals surface area contributed by atoms with Crippen molar-refractivity contribution < 1.29 is 9.53 Å². The van der Waals surface area contributed by atoms with Crippen LogP contribution < -0.4 is 5.73 Å². The van der Waals surface area contributed by atoms with Crippen molar-refractivity contribution in [1.29, 1.82) is 0 Å². The molecule has 0 bridgehead atoms. The van der Waals surface area contributed by atoms with E-state index in [1.54, 1.807) is 0 Å². The van der Waals surface area contributed by atoms with Gasteiger partial charge in [-0.2, -0.15) is 0 Å². The highest BCUT2D eigenvalue weighted by atomic mass is 16.5. The zero-order valence-corrected chi connectivity index (χ0v) is 7.92. The van der Waals surface area contributed by atoms with Crippen LogP contribution in [0.4, 0.5) is 0 Å². The first kappa shape index (κ1) is 9.00. The van der Waals surface area contributed by atoms with Gasteiger partial charge in [0.2, 0.25) is 0 Å². The molecule has 0 aromatic rings. The van der Waals surface area contributed by atoms with Crippen molar-refractivity contribution in [2.45, 2.75) is 44.6 Å². The molecule has 0 aromatic heterocycles. The minimum atomic E-state index is -0.296. The molecule has 0 unspecified atom stereocenters. The van der Waals surface area contributed by atoms with Gasteiger partial charge in [0.1, 0.15) is 6.10 Å². The maximum absolute atomic E-state index is 11.7. The lowest BCUT2D eigenvalue weighted by Crippen LogP contribution is -2.47. The molecule has 0 saturated heterocycles. The molecule has 3 heteroatoms. The minimum Gasteiger partial charge on any atom is -0.462 e. The molecule has 0 heterocycles. The fourth-order valence-electron chi connectivity index (χ4n) is 1.86. The number of carbonyl (C=O) groups is 1. The van der Waals surface area contributed by atoms with Gasteiger partial charge >= 0.3 is 5.97 Å². The summed E-state index contributed by atoms with van der Waals surface area (Å²) >= 11 is 0. The van der Waals surface area contributed by atoms with Gasteiger partial charge in [-0.1, -0.05) is 6.42 Å². The van der Waals surface area contributed by atoms with Gasteiger partial charge in [0.05, 0.1) is 5.41 Å². The molecule has 74 valence electrons. The summed E-state index contributed by atoms with van der Waals surface area (Å²) in [4.78, 5) is 11.7. The van der Waals surface area contributed by atoms with Crippen LogP contribution in [0.1, 0.15) is 38.5 Å². The number of hydrogen-bond donors (Lipinski definition) is 1. The molecule has 0 amide bonds. The lowest BCUT2D eigenvalue weighted by Gasteiger charge is -2.40. The quantitative estimate of drug-likeness (QED) is 0.669. The van der Waals surface area contributed by atoms with E-state index in [0.717, 1.165) is 32.1 Å². The Morgan fingerprint density at radius 3 is 2.38 bits per heavy atom. The van der Waals surface area contributed by atoms with Gasteiger partial charge in [-0.25, -0.2) is 0 Å². The second kappa shape index (κ2) is 3.29. The lowest BCUT2D eigenvalue weighted by molar-refractivity contribution is -0.170. The summed E-state index contributed by atoms with van der Waals surface area (Å²) in [7, 11) is 0. The van der Waals surface area contributed by atoms with Crippen molar-refractivity contribution in [2.24, 2.45) is 11.1 Å². The van der Waals surface area contributed by atoms with Crippen LogP contribution in [0, 0.1) is 5.41 Å². The second-order valence-electron chi connectivity index (χ2n) is 4.30. The van der Waals surface area contributed by atoms with Crippen LogP contribution in [0.25, 0.3) is 0 Å². The predicted molar refractivity (Wildman–Crippen MR) is 49.1 cm³/mol. The average Bonchev–Trinajstić information content (AvgIpc) is 1.96. The average molecular weight is 183 g/mol. The molecule has 13 heavy (non-hydrogen) atoms. The summed E-state index contributed by atoms with van der Waals surface area (Å²) in [5.41, 5.74) is 5.31. The van der Waals surface area contributed by atoms with E-state index >= 15 is 0 Å². The number of hydrogen-bond acceptors (Lipinski definition) is 3. The molecule has 0 spiro atoms. The number of carbonyl (C=O) groups excluding carboxylic acids is 1. The van der Waals surface area contributed by atoms with E-state index in [1.165, 1.54) is 6.42 Å². The third-order valence-corrected chi connectivity index (χ3v) is 3.46. The van der Waals surface area contributed by atoms with E-state index in [1.807, 2.05) is 0 Å².